The average molecular weight is 182 g/mol. The highest BCUT2D eigenvalue weighted by Gasteiger charge is 1.93. The minimum absolute atomic E-state index is 0.927. The highest BCUT2D eigenvalue weighted by Crippen LogP contribution is 2.21. The van der Waals surface area contributed by atoms with Gasteiger partial charge in [0.1, 0.15) is 5.75 Å². The van der Waals surface area contributed by atoms with Crippen molar-refractivity contribution in [1.29, 1.82) is 0 Å². The zero-order chi connectivity index (χ0) is 8.81. The summed E-state index contributed by atoms with van der Waals surface area (Å²) in [5.74, 6) is 2.11. The van der Waals surface area contributed by atoms with E-state index in [0.29, 0.717) is 0 Å². The van der Waals surface area contributed by atoms with Crippen LogP contribution in [-0.4, -0.2) is 12.9 Å². The van der Waals surface area contributed by atoms with Crippen LogP contribution in [0.15, 0.2) is 29.2 Å². The van der Waals surface area contributed by atoms with Crippen LogP contribution in [0.2, 0.25) is 0 Å². The molecule has 1 nitrogen and oxygen atoms in total. The van der Waals surface area contributed by atoms with Gasteiger partial charge < -0.3 is 4.74 Å². The average Bonchev–Trinajstić information content (AvgIpc) is 2.15. The van der Waals surface area contributed by atoms with E-state index >= 15 is 0 Å². The summed E-state index contributed by atoms with van der Waals surface area (Å²) in [5, 5.41) is 0. The van der Waals surface area contributed by atoms with Crippen molar-refractivity contribution in [1.82, 2.24) is 0 Å². The molecule has 12 heavy (non-hydrogen) atoms. The van der Waals surface area contributed by atoms with Crippen LogP contribution in [0.3, 0.4) is 0 Å². The van der Waals surface area contributed by atoms with Crippen molar-refractivity contribution >= 4 is 11.8 Å². The monoisotopic (exact) mass is 182 g/mol. The van der Waals surface area contributed by atoms with Crippen molar-refractivity contribution in [3.05, 3.63) is 24.3 Å². The van der Waals surface area contributed by atoms with E-state index in [1.165, 1.54) is 17.1 Å². The molecule has 0 N–H and O–H groups in total. The molecule has 1 aromatic carbocycles. The Balaban J connectivity index is 2.53. The molecule has 1 aromatic rings. The first-order valence-electron chi connectivity index (χ1n) is 4.13. The molecular weight excluding hydrogens is 168 g/mol. The lowest BCUT2D eigenvalue weighted by Crippen LogP contribution is -1.81. The Morgan fingerprint density at radius 3 is 2.42 bits per heavy atom. The summed E-state index contributed by atoms with van der Waals surface area (Å²) in [6.07, 6.45) is 1.22. The second-order valence-electron chi connectivity index (χ2n) is 2.52. The van der Waals surface area contributed by atoms with E-state index < -0.39 is 0 Å². The summed E-state index contributed by atoms with van der Waals surface area (Å²) in [6.45, 7) is 2.19. The summed E-state index contributed by atoms with van der Waals surface area (Å²) in [4.78, 5) is 1.32. The Morgan fingerprint density at radius 2 is 1.92 bits per heavy atom. The molecule has 0 heterocycles. The molecule has 0 atom stereocenters. The highest BCUT2D eigenvalue weighted by atomic mass is 32.2. The van der Waals surface area contributed by atoms with Gasteiger partial charge in [-0.3, -0.25) is 0 Å². The van der Waals surface area contributed by atoms with Gasteiger partial charge in [0.2, 0.25) is 0 Å². The van der Waals surface area contributed by atoms with Crippen molar-refractivity contribution in [2.75, 3.05) is 12.9 Å². The molecule has 0 saturated carbocycles. The van der Waals surface area contributed by atoms with Crippen LogP contribution in [0.4, 0.5) is 0 Å². The maximum atomic E-state index is 5.06. The lowest BCUT2D eigenvalue weighted by molar-refractivity contribution is 0.414. The number of hydrogen-bond acceptors (Lipinski definition) is 2. The molecule has 0 aliphatic carbocycles. The lowest BCUT2D eigenvalue weighted by Gasteiger charge is -2.01. The summed E-state index contributed by atoms with van der Waals surface area (Å²) < 4.78 is 5.06. The molecule has 0 aromatic heterocycles. The fourth-order valence-corrected chi connectivity index (χ4v) is 1.66. The Labute approximate surface area is 78.1 Å². The molecule has 66 valence electrons. The van der Waals surface area contributed by atoms with Gasteiger partial charge in [0.15, 0.2) is 0 Å². The van der Waals surface area contributed by atoms with Crippen LogP contribution >= 0.6 is 11.8 Å². The van der Waals surface area contributed by atoms with E-state index in [2.05, 4.69) is 19.1 Å². The van der Waals surface area contributed by atoms with Gasteiger partial charge in [0, 0.05) is 4.90 Å². The first-order chi connectivity index (χ1) is 5.86. The summed E-state index contributed by atoms with van der Waals surface area (Å²) in [6, 6.07) is 8.19. The smallest absolute Gasteiger partial charge is 0.118 e. The Morgan fingerprint density at radius 1 is 1.25 bits per heavy atom. The molecule has 0 saturated heterocycles. The largest absolute Gasteiger partial charge is 0.497 e. The van der Waals surface area contributed by atoms with Crippen LogP contribution in [0.1, 0.15) is 13.3 Å². The molecule has 0 aliphatic heterocycles. The number of hydrogen-bond donors (Lipinski definition) is 0. The number of ether oxygens (including phenoxy) is 1. The predicted octanol–water partition coefficient (Wildman–Crippen LogP) is 3.20. The highest BCUT2D eigenvalue weighted by molar-refractivity contribution is 7.99. The number of benzene rings is 1. The molecule has 0 aliphatic rings. The maximum absolute atomic E-state index is 5.06. The molecule has 0 amide bonds. The number of methoxy groups -OCH3 is 1. The Hall–Kier alpha value is -0.630. The quantitative estimate of drug-likeness (QED) is 0.661. The third-order valence-electron chi connectivity index (χ3n) is 1.53. The van der Waals surface area contributed by atoms with E-state index in [9.17, 15) is 0 Å². The fourth-order valence-electron chi connectivity index (χ4n) is 0.892. The maximum Gasteiger partial charge on any atom is 0.118 e. The van der Waals surface area contributed by atoms with Crippen LogP contribution in [0, 0.1) is 0 Å². The third-order valence-corrected chi connectivity index (χ3v) is 2.75. The van der Waals surface area contributed by atoms with Crippen LogP contribution < -0.4 is 4.74 Å². The van der Waals surface area contributed by atoms with Crippen molar-refractivity contribution < 1.29 is 4.74 Å². The molecule has 0 unspecified atom stereocenters. The first-order valence-corrected chi connectivity index (χ1v) is 5.12. The van der Waals surface area contributed by atoms with Crippen molar-refractivity contribution in [3.63, 3.8) is 0 Å². The van der Waals surface area contributed by atoms with E-state index in [1.54, 1.807) is 7.11 Å². The number of thioether (sulfide) groups is 1. The van der Waals surface area contributed by atoms with Gasteiger partial charge in [-0.2, -0.15) is 0 Å². The normalized spacial score (nSPS) is 9.83. The van der Waals surface area contributed by atoms with Crippen LogP contribution in [0.5, 0.6) is 5.75 Å². The molecule has 2 heteroatoms. The minimum Gasteiger partial charge on any atom is -0.497 e. The third kappa shape index (κ3) is 2.78. The predicted molar refractivity (Wildman–Crippen MR) is 54.0 cm³/mol. The van der Waals surface area contributed by atoms with E-state index in [4.69, 9.17) is 4.74 Å². The topological polar surface area (TPSA) is 9.23 Å². The molecule has 0 spiro atoms. The summed E-state index contributed by atoms with van der Waals surface area (Å²) in [7, 11) is 1.69. The van der Waals surface area contributed by atoms with Crippen molar-refractivity contribution in [3.8, 4) is 5.75 Å². The molecule has 0 fully saturated rings. The SMILES string of the molecule is CCCSc1ccc(OC)cc1. The second kappa shape index (κ2) is 5.09. The van der Waals surface area contributed by atoms with Crippen LogP contribution in [0.25, 0.3) is 0 Å². The van der Waals surface area contributed by atoms with Gasteiger partial charge >= 0.3 is 0 Å². The Kier molecular flexibility index (Phi) is 4.01. The van der Waals surface area contributed by atoms with Gasteiger partial charge in [-0.05, 0) is 36.4 Å². The first kappa shape index (κ1) is 9.46. The van der Waals surface area contributed by atoms with E-state index in [1.807, 2.05) is 23.9 Å². The van der Waals surface area contributed by atoms with Gasteiger partial charge in [-0.15, -0.1) is 11.8 Å². The van der Waals surface area contributed by atoms with Gasteiger partial charge in [0.25, 0.3) is 0 Å². The zero-order valence-electron chi connectivity index (χ0n) is 7.54. The molecule has 0 bridgehead atoms. The second-order valence-corrected chi connectivity index (χ2v) is 3.69. The standard InChI is InChI=1S/C10H14OS/c1-3-8-12-10-6-4-9(11-2)5-7-10/h4-7H,3,8H2,1-2H3. The lowest BCUT2D eigenvalue weighted by atomic mass is 10.3. The number of rotatable bonds is 4. The summed E-state index contributed by atoms with van der Waals surface area (Å²) >= 11 is 1.88. The van der Waals surface area contributed by atoms with Crippen molar-refractivity contribution in [2.24, 2.45) is 0 Å². The fraction of sp³-hybridized carbons (Fsp3) is 0.400. The van der Waals surface area contributed by atoms with Crippen LogP contribution in [-0.2, 0) is 0 Å². The molecule has 0 radical (unpaired) electrons. The van der Waals surface area contributed by atoms with Gasteiger partial charge in [-0.1, -0.05) is 6.92 Å². The summed E-state index contributed by atoms with van der Waals surface area (Å²) in [5.41, 5.74) is 0. The van der Waals surface area contributed by atoms with Gasteiger partial charge in [0.05, 0.1) is 7.11 Å². The van der Waals surface area contributed by atoms with E-state index in [0.717, 1.165) is 5.75 Å². The van der Waals surface area contributed by atoms with Crippen molar-refractivity contribution in [2.45, 2.75) is 18.2 Å². The molecular formula is C10H14OS. The zero-order valence-corrected chi connectivity index (χ0v) is 8.36. The van der Waals surface area contributed by atoms with Gasteiger partial charge in [-0.25, -0.2) is 0 Å². The Bertz CT molecular complexity index is 218. The van der Waals surface area contributed by atoms with E-state index in [-0.39, 0.29) is 0 Å². The molecule has 1 rings (SSSR count). The minimum atomic E-state index is 0.927.